The topological polar surface area (TPSA) is 51.7 Å². The van der Waals surface area contributed by atoms with Crippen LogP contribution in [0.3, 0.4) is 0 Å². The summed E-state index contributed by atoms with van der Waals surface area (Å²) in [5.41, 5.74) is 2.29. The molecular weight excluding hydrogens is 369 g/mol. The highest BCUT2D eigenvalue weighted by Crippen LogP contribution is 2.27. The lowest BCUT2D eigenvalue weighted by Gasteiger charge is -2.39. The number of hydrogen-bond donors (Lipinski definition) is 1. The molecule has 0 saturated carbocycles. The van der Waals surface area contributed by atoms with E-state index < -0.39 is 6.17 Å². The van der Waals surface area contributed by atoms with E-state index in [4.69, 9.17) is 0 Å². The number of amides is 1. The van der Waals surface area contributed by atoms with Crippen molar-refractivity contribution in [3.05, 3.63) is 36.5 Å². The molecule has 1 aromatic carbocycles. The minimum absolute atomic E-state index is 0.0783. The summed E-state index contributed by atoms with van der Waals surface area (Å²) < 4.78 is 13.4. The zero-order chi connectivity index (χ0) is 19.8. The first kappa shape index (κ1) is 18.8. The van der Waals surface area contributed by atoms with Crippen LogP contribution < -0.4 is 10.2 Å². The molecule has 4 heterocycles. The Kier molecular flexibility index (Phi) is 5.09. The quantitative estimate of drug-likeness (QED) is 0.854. The van der Waals surface area contributed by atoms with Crippen molar-refractivity contribution in [3.8, 4) is 0 Å². The van der Waals surface area contributed by atoms with Gasteiger partial charge in [0.25, 0.3) is 0 Å². The summed E-state index contributed by atoms with van der Waals surface area (Å²) in [6, 6.07) is 10.6. The molecule has 6 nitrogen and oxygen atoms in total. The minimum atomic E-state index is -0.853. The lowest BCUT2D eigenvalue weighted by molar-refractivity contribution is -0.132. The first-order valence-corrected chi connectivity index (χ1v) is 10.7. The number of nitrogens with one attached hydrogen (secondary N) is 1. The molecule has 3 aliphatic heterocycles. The second kappa shape index (κ2) is 7.88. The van der Waals surface area contributed by atoms with Crippen LogP contribution in [0.4, 0.5) is 10.1 Å². The van der Waals surface area contributed by atoms with Gasteiger partial charge < -0.3 is 15.1 Å². The number of hydrogen-bond acceptors (Lipinski definition) is 5. The molecule has 1 amide bonds. The monoisotopic (exact) mass is 397 g/mol. The second-order valence-corrected chi connectivity index (χ2v) is 8.39. The van der Waals surface area contributed by atoms with Crippen LogP contribution in [0.5, 0.6) is 0 Å². The molecule has 0 bridgehead atoms. The largest absolute Gasteiger partial charge is 0.368 e. The zero-order valence-corrected chi connectivity index (χ0v) is 16.6. The number of likely N-dealkylation sites (tertiary alicyclic amines) is 1. The number of aromatic nitrogens is 1. The fourth-order valence-corrected chi connectivity index (χ4v) is 5.01. The molecule has 1 unspecified atom stereocenters. The molecule has 0 aliphatic carbocycles. The number of piperazine rings is 1. The van der Waals surface area contributed by atoms with E-state index in [2.05, 4.69) is 44.4 Å². The van der Waals surface area contributed by atoms with E-state index in [-0.39, 0.29) is 18.5 Å². The number of halogens is 1. The maximum atomic E-state index is 13.4. The van der Waals surface area contributed by atoms with E-state index in [0.29, 0.717) is 19.0 Å². The number of carbonyl (C=O) groups is 1. The number of alkyl halides is 1. The van der Waals surface area contributed by atoms with Crippen molar-refractivity contribution >= 4 is 22.5 Å². The maximum absolute atomic E-state index is 13.4. The van der Waals surface area contributed by atoms with Crippen molar-refractivity contribution in [1.29, 1.82) is 0 Å². The van der Waals surface area contributed by atoms with Crippen molar-refractivity contribution < 1.29 is 9.18 Å². The van der Waals surface area contributed by atoms with Gasteiger partial charge in [-0.2, -0.15) is 0 Å². The molecule has 7 heteroatoms. The van der Waals surface area contributed by atoms with Gasteiger partial charge in [0.1, 0.15) is 6.17 Å². The highest BCUT2D eigenvalue weighted by atomic mass is 19.1. The number of fused-ring (bicyclic) bond motifs is 1. The van der Waals surface area contributed by atoms with Gasteiger partial charge in [-0.3, -0.25) is 14.7 Å². The maximum Gasteiger partial charge on any atom is 0.239 e. The summed E-state index contributed by atoms with van der Waals surface area (Å²) in [6.45, 7) is 5.57. The van der Waals surface area contributed by atoms with Crippen molar-refractivity contribution in [2.24, 2.45) is 0 Å². The first-order chi connectivity index (χ1) is 14.2. The second-order valence-electron chi connectivity index (χ2n) is 8.39. The Morgan fingerprint density at radius 3 is 2.72 bits per heavy atom. The molecule has 3 fully saturated rings. The molecule has 29 heavy (non-hydrogen) atoms. The molecule has 0 radical (unpaired) electrons. The van der Waals surface area contributed by atoms with Gasteiger partial charge in [-0.15, -0.1) is 0 Å². The predicted molar refractivity (Wildman–Crippen MR) is 112 cm³/mol. The van der Waals surface area contributed by atoms with Crippen molar-refractivity contribution in [1.82, 2.24) is 20.1 Å². The Bertz CT molecular complexity index is 879. The van der Waals surface area contributed by atoms with Crippen LogP contribution in [0.15, 0.2) is 36.5 Å². The van der Waals surface area contributed by atoms with Crippen LogP contribution in [0, 0.1) is 0 Å². The van der Waals surface area contributed by atoms with Crippen LogP contribution in [0.1, 0.15) is 12.8 Å². The number of para-hydroxylation sites is 1. The molecular formula is C22H28FN5O. The lowest BCUT2D eigenvalue weighted by Crippen LogP contribution is -2.51. The number of nitrogens with zero attached hydrogens (tertiary/aromatic N) is 4. The number of rotatable bonds is 3. The Labute approximate surface area is 170 Å². The smallest absolute Gasteiger partial charge is 0.239 e. The number of carbonyl (C=O) groups excluding carboxylic acids is 1. The minimum Gasteiger partial charge on any atom is -0.368 e. The average molecular weight is 397 g/mol. The number of benzene rings is 1. The van der Waals surface area contributed by atoms with E-state index in [1.807, 2.05) is 12.3 Å². The molecule has 1 N–H and O–H groups in total. The summed E-state index contributed by atoms with van der Waals surface area (Å²) in [7, 11) is 0. The van der Waals surface area contributed by atoms with Gasteiger partial charge in [0.05, 0.1) is 18.1 Å². The van der Waals surface area contributed by atoms with E-state index >= 15 is 0 Å². The van der Waals surface area contributed by atoms with Crippen LogP contribution in [-0.2, 0) is 4.79 Å². The van der Waals surface area contributed by atoms with Gasteiger partial charge in [0.15, 0.2) is 0 Å². The molecule has 0 spiro atoms. The molecule has 3 atom stereocenters. The average Bonchev–Trinajstić information content (AvgIpc) is 3.43. The van der Waals surface area contributed by atoms with Crippen LogP contribution >= 0.6 is 0 Å². The zero-order valence-electron chi connectivity index (χ0n) is 16.6. The lowest BCUT2D eigenvalue weighted by atomic mass is 10.1. The molecule has 154 valence electrons. The van der Waals surface area contributed by atoms with Crippen molar-refractivity contribution in [3.63, 3.8) is 0 Å². The van der Waals surface area contributed by atoms with Crippen LogP contribution in [0.2, 0.25) is 0 Å². The molecule has 3 aliphatic rings. The fraction of sp³-hybridized carbons (Fsp3) is 0.545. The summed E-state index contributed by atoms with van der Waals surface area (Å²) in [5.74, 6) is 0.0783. The third-order valence-electron chi connectivity index (χ3n) is 6.65. The summed E-state index contributed by atoms with van der Waals surface area (Å²) >= 11 is 0. The third kappa shape index (κ3) is 3.69. The van der Waals surface area contributed by atoms with E-state index in [1.165, 1.54) is 11.1 Å². The van der Waals surface area contributed by atoms with E-state index in [9.17, 15) is 9.18 Å². The third-order valence-corrected chi connectivity index (χ3v) is 6.65. The van der Waals surface area contributed by atoms with Gasteiger partial charge >= 0.3 is 0 Å². The fourth-order valence-electron chi connectivity index (χ4n) is 5.01. The SMILES string of the molecule is O=C([C@@H]1C[C@H](N2CCN(c3ccnc4ccccc34)CC2)CN1)N1CCC(F)C1. The highest BCUT2D eigenvalue weighted by molar-refractivity contribution is 5.91. The molecule has 3 saturated heterocycles. The Morgan fingerprint density at radius 1 is 1.10 bits per heavy atom. The van der Waals surface area contributed by atoms with Gasteiger partial charge in [0.2, 0.25) is 5.91 Å². The van der Waals surface area contributed by atoms with Crippen molar-refractivity contribution in [2.75, 3.05) is 50.7 Å². The summed E-state index contributed by atoms with van der Waals surface area (Å²) in [6.07, 6.45) is 2.34. The number of anilines is 1. The molecule has 5 rings (SSSR count). The van der Waals surface area contributed by atoms with Gasteiger partial charge in [0, 0.05) is 62.6 Å². The van der Waals surface area contributed by atoms with Crippen LogP contribution in [0.25, 0.3) is 10.9 Å². The number of pyridine rings is 1. The van der Waals surface area contributed by atoms with Crippen molar-refractivity contribution in [2.45, 2.75) is 31.1 Å². The Hall–Kier alpha value is -2.25. The summed E-state index contributed by atoms with van der Waals surface area (Å²) in [5, 5.41) is 4.59. The van der Waals surface area contributed by atoms with Gasteiger partial charge in [-0.1, -0.05) is 18.2 Å². The molecule has 1 aromatic heterocycles. The normalized spacial score (nSPS) is 28.4. The molecule has 2 aromatic rings. The Balaban J connectivity index is 1.19. The van der Waals surface area contributed by atoms with Gasteiger partial charge in [-0.25, -0.2) is 4.39 Å². The van der Waals surface area contributed by atoms with E-state index in [1.54, 1.807) is 4.90 Å². The first-order valence-electron chi connectivity index (χ1n) is 10.7. The van der Waals surface area contributed by atoms with Gasteiger partial charge in [-0.05, 0) is 25.0 Å². The Morgan fingerprint density at radius 2 is 1.93 bits per heavy atom. The standard InChI is InChI=1S/C22H28FN5O/c23-16-6-8-28(15-16)22(29)20-13-17(14-25-20)26-9-11-27(12-10-26)21-5-7-24-19-4-2-1-3-18(19)21/h1-5,7,16-17,20,25H,6,8-15H2/t16?,17-,20-/m0/s1. The van der Waals surface area contributed by atoms with Crippen LogP contribution in [-0.4, -0.2) is 84.8 Å². The predicted octanol–water partition coefficient (Wildman–Crippen LogP) is 1.66. The highest BCUT2D eigenvalue weighted by Gasteiger charge is 2.38. The summed E-state index contributed by atoms with van der Waals surface area (Å²) in [4.78, 5) is 23.8. The van der Waals surface area contributed by atoms with E-state index in [0.717, 1.165) is 44.7 Å².